The number of rotatable bonds is 2. The Morgan fingerprint density at radius 2 is 2.12 bits per heavy atom. The van der Waals surface area contributed by atoms with Gasteiger partial charge in [0.2, 0.25) is 0 Å². The van der Waals surface area contributed by atoms with Crippen LogP contribution in [0, 0.1) is 11.3 Å². The zero-order valence-corrected chi connectivity index (χ0v) is 9.60. The van der Waals surface area contributed by atoms with Gasteiger partial charge in [0, 0.05) is 7.11 Å². The Morgan fingerprint density at radius 3 is 2.69 bits per heavy atom. The molecule has 0 aliphatic carbocycles. The number of methoxy groups -OCH3 is 1. The van der Waals surface area contributed by atoms with Crippen molar-refractivity contribution in [1.82, 2.24) is 0 Å². The van der Waals surface area contributed by atoms with Crippen LogP contribution in [0.3, 0.4) is 0 Å². The van der Waals surface area contributed by atoms with Crippen molar-refractivity contribution in [1.29, 1.82) is 5.26 Å². The quantitative estimate of drug-likeness (QED) is 0.655. The molecular formula is C11H15NO4. The highest BCUT2D eigenvalue weighted by molar-refractivity contribution is 5.25. The number of hydrogen-bond acceptors (Lipinski definition) is 5. The van der Waals surface area contributed by atoms with Gasteiger partial charge in [-0.15, -0.1) is 0 Å². The van der Waals surface area contributed by atoms with E-state index in [2.05, 4.69) is 6.58 Å². The molecule has 0 unspecified atom stereocenters. The van der Waals surface area contributed by atoms with Crippen LogP contribution in [0.2, 0.25) is 0 Å². The van der Waals surface area contributed by atoms with Crippen molar-refractivity contribution in [2.24, 2.45) is 0 Å². The third kappa shape index (κ3) is 1.74. The van der Waals surface area contributed by atoms with Crippen LogP contribution in [-0.4, -0.2) is 37.5 Å². The molecule has 2 saturated heterocycles. The topological polar surface area (TPSA) is 60.7 Å². The van der Waals surface area contributed by atoms with Gasteiger partial charge >= 0.3 is 0 Å². The summed E-state index contributed by atoms with van der Waals surface area (Å²) in [6.45, 7) is 7.27. The Kier molecular flexibility index (Phi) is 2.76. The van der Waals surface area contributed by atoms with E-state index in [-0.39, 0.29) is 12.2 Å². The van der Waals surface area contributed by atoms with Crippen molar-refractivity contribution in [2.75, 3.05) is 7.11 Å². The van der Waals surface area contributed by atoms with Crippen LogP contribution in [0.5, 0.6) is 0 Å². The molecule has 0 amide bonds. The molecule has 0 bridgehead atoms. The van der Waals surface area contributed by atoms with E-state index in [1.54, 1.807) is 7.11 Å². The maximum Gasteiger partial charge on any atom is 0.190 e. The zero-order valence-electron chi connectivity index (χ0n) is 9.60. The smallest absolute Gasteiger partial charge is 0.190 e. The fourth-order valence-corrected chi connectivity index (χ4v) is 2.08. The van der Waals surface area contributed by atoms with E-state index in [1.165, 1.54) is 0 Å². The molecule has 0 aromatic rings. The fraction of sp³-hybridized carbons (Fsp3) is 0.727. The first-order valence-electron chi connectivity index (χ1n) is 5.11. The van der Waals surface area contributed by atoms with Crippen LogP contribution >= 0.6 is 0 Å². The minimum Gasteiger partial charge on any atom is -0.375 e. The lowest BCUT2D eigenvalue weighted by molar-refractivity contribution is -0.211. The normalized spacial score (nSPS) is 40.4. The summed E-state index contributed by atoms with van der Waals surface area (Å²) < 4.78 is 22.1. The van der Waals surface area contributed by atoms with E-state index >= 15 is 0 Å². The van der Waals surface area contributed by atoms with E-state index in [9.17, 15) is 0 Å². The summed E-state index contributed by atoms with van der Waals surface area (Å²) in [4.78, 5) is 0. The molecule has 2 heterocycles. The predicted octanol–water partition coefficient (Wildman–Crippen LogP) is 0.958. The van der Waals surface area contributed by atoms with Gasteiger partial charge in [-0.1, -0.05) is 6.58 Å². The monoisotopic (exact) mass is 225 g/mol. The average Bonchev–Trinajstić information content (AvgIpc) is 2.68. The minimum atomic E-state index is -0.676. The largest absolute Gasteiger partial charge is 0.375 e. The van der Waals surface area contributed by atoms with E-state index in [4.69, 9.17) is 24.2 Å². The molecule has 0 spiro atoms. The summed E-state index contributed by atoms with van der Waals surface area (Å²) in [5, 5.41) is 8.81. The number of fused-ring (bicyclic) bond motifs is 1. The lowest BCUT2D eigenvalue weighted by atomic mass is 10.1. The van der Waals surface area contributed by atoms with Gasteiger partial charge in [-0.3, -0.25) is 0 Å². The highest BCUT2D eigenvalue weighted by atomic mass is 16.8. The molecule has 88 valence electrons. The van der Waals surface area contributed by atoms with E-state index in [0.717, 1.165) is 0 Å². The van der Waals surface area contributed by atoms with E-state index in [0.29, 0.717) is 5.57 Å². The predicted molar refractivity (Wildman–Crippen MR) is 54.2 cm³/mol. The molecule has 0 N–H and O–H groups in total. The highest BCUT2D eigenvalue weighted by Gasteiger charge is 2.55. The molecule has 16 heavy (non-hydrogen) atoms. The van der Waals surface area contributed by atoms with Crippen LogP contribution in [-0.2, 0) is 18.9 Å². The van der Waals surface area contributed by atoms with Gasteiger partial charge in [-0.05, 0) is 13.8 Å². The molecule has 2 fully saturated rings. The summed E-state index contributed by atoms with van der Waals surface area (Å²) in [7, 11) is 1.56. The molecule has 0 radical (unpaired) electrons. The molecule has 2 aliphatic rings. The van der Waals surface area contributed by atoms with Gasteiger partial charge in [-0.25, -0.2) is 0 Å². The molecule has 2 rings (SSSR count). The van der Waals surface area contributed by atoms with Gasteiger partial charge in [0.15, 0.2) is 12.1 Å². The number of ether oxygens (including phenoxy) is 4. The molecule has 5 nitrogen and oxygen atoms in total. The minimum absolute atomic E-state index is 0.310. The average molecular weight is 225 g/mol. The number of hydrogen-bond donors (Lipinski definition) is 0. The Morgan fingerprint density at radius 1 is 1.44 bits per heavy atom. The van der Waals surface area contributed by atoms with Gasteiger partial charge in [0.05, 0.1) is 11.6 Å². The summed E-state index contributed by atoms with van der Waals surface area (Å²) in [5.41, 5.74) is 0.325. The van der Waals surface area contributed by atoms with Crippen LogP contribution in [0.25, 0.3) is 0 Å². The summed E-state index contributed by atoms with van der Waals surface area (Å²) in [6, 6.07) is 1.97. The zero-order chi connectivity index (χ0) is 11.9. The lowest BCUT2D eigenvalue weighted by Crippen LogP contribution is -2.36. The second kappa shape index (κ2) is 3.82. The number of nitrogens with zero attached hydrogens (tertiary/aromatic N) is 1. The van der Waals surface area contributed by atoms with Crippen LogP contribution in [0.15, 0.2) is 12.2 Å². The first kappa shape index (κ1) is 11.6. The van der Waals surface area contributed by atoms with Gasteiger partial charge in [-0.2, -0.15) is 5.26 Å². The number of nitriles is 1. The Hall–Kier alpha value is -0.930. The maximum atomic E-state index is 8.81. The van der Waals surface area contributed by atoms with Gasteiger partial charge in [0.25, 0.3) is 0 Å². The Labute approximate surface area is 94.5 Å². The third-order valence-corrected chi connectivity index (χ3v) is 2.75. The van der Waals surface area contributed by atoms with Crippen molar-refractivity contribution in [3.63, 3.8) is 0 Å². The molecule has 0 saturated carbocycles. The summed E-state index contributed by atoms with van der Waals surface area (Å²) in [5.74, 6) is -0.676. The molecule has 4 atom stereocenters. The maximum absolute atomic E-state index is 8.81. The van der Waals surface area contributed by atoms with E-state index < -0.39 is 18.2 Å². The summed E-state index contributed by atoms with van der Waals surface area (Å²) in [6.07, 6.45) is -1.63. The van der Waals surface area contributed by atoms with Crippen molar-refractivity contribution in [3.8, 4) is 6.07 Å². The molecule has 2 aliphatic heterocycles. The third-order valence-electron chi connectivity index (χ3n) is 2.75. The summed E-state index contributed by atoms with van der Waals surface area (Å²) >= 11 is 0. The Balaban J connectivity index is 2.16. The Bertz CT molecular complexity index is 346. The van der Waals surface area contributed by atoms with Crippen LogP contribution in [0.4, 0.5) is 0 Å². The second-order valence-electron chi connectivity index (χ2n) is 4.36. The van der Waals surface area contributed by atoms with Crippen molar-refractivity contribution in [2.45, 2.75) is 44.2 Å². The van der Waals surface area contributed by atoms with Crippen molar-refractivity contribution < 1.29 is 18.9 Å². The van der Waals surface area contributed by atoms with Crippen molar-refractivity contribution in [3.05, 3.63) is 12.2 Å². The van der Waals surface area contributed by atoms with Crippen LogP contribution in [0.1, 0.15) is 13.8 Å². The fourth-order valence-electron chi connectivity index (χ4n) is 2.08. The van der Waals surface area contributed by atoms with Crippen molar-refractivity contribution >= 4 is 0 Å². The highest BCUT2D eigenvalue weighted by Crippen LogP contribution is 2.39. The molecule has 0 aromatic carbocycles. The van der Waals surface area contributed by atoms with Crippen LogP contribution < -0.4 is 0 Å². The van der Waals surface area contributed by atoms with Gasteiger partial charge in [0.1, 0.15) is 18.3 Å². The SMILES string of the molecule is C=C(C#N)[C@H]1O[C@@H]2OC(C)(C)O[C@@H]2[C@H]1OC. The van der Waals surface area contributed by atoms with Gasteiger partial charge < -0.3 is 18.9 Å². The first-order valence-corrected chi connectivity index (χ1v) is 5.11. The standard InChI is InChI=1S/C11H15NO4/c1-6(5-12)7-8(13-4)9-10(14-7)16-11(2,3)15-9/h7-10H,1H2,2-4H3/t7-,8+,9-,10-/m1/s1. The second-order valence-corrected chi connectivity index (χ2v) is 4.36. The molecule has 0 aromatic heterocycles. The van der Waals surface area contributed by atoms with E-state index in [1.807, 2.05) is 19.9 Å². The molecular weight excluding hydrogens is 210 g/mol. The lowest BCUT2D eigenvalue weighted by Gasteiger charge is -2.24. The first-order chi connectivity index (χ1) is 7.48. The molecule has 5 heteroatoms.